The Kier molecular flexibility index (Phi) is 28.1. The molecule has 0 aromatic carbocycles. The monoisotopic (exact) mass is 212 g/mol. The first kappa shape index (κ1) is 15.9. The van der Waals surface area contributed by atoms with Crippen LogP contribution in [0.15, 0.2) is 0 Å². The average Bonchev–Trinajstić information content (AvgIpc) is 0.811. The molecule has 0 aromatic heterocycles. The van der Waals surface area contributed by atoms with Crippen molar-refractivity contribution >= 4 is 0 Å². The van der Waals surface area contributed by atoms with Crippen LogP contribution in [0.25, 0.3) is 0 Å². The fraction of sp³-hybridized carbons (Fsp3) is 0. The summed E-state index contributed by atoms with van der Waals surface area (Å²) in [4.78, 5) is 0. The van der Waals surface area contributed by atoms with Gasteiger partial charge in [0.1, 0.15) is 0 Å². The minimum absolute atomic E-state index is 0. The molecule has 0 fully saturated rings. The summed E-state index contributed by atoms with van der Waals surface area (Å²) >= 11 is 0. The molecule has 0 saturated heterocycles. The maximum atomic E-state index is 8.41. The van der Waals surface area contributed by atoms with Gasteiger partial charge in [0, 0.05) is 0 Å². The Bertz CT molecular complexity index is 15.5. The molecule has 28 valence electrons. The Morgan fingerprint density at radius 3 is 1.00 bits per heavy atom. The van der Waals surface area contributed by atoms with E-state index in [9.17, 15) is 0 Å². The van der Waals surface area contributed by atoms with Gasteiger partial charge in [-0.3, -0.25) is 0 Å². The summed E-state index contributed by atoms with van der Waals surface area (Å²) < 4.78 is 25.2. The second-order valence-electron chi connectivity index (χ2n) is 0.189. The number of hydrogen-bond acceptors (Lipinski definition) is 3. The summed E-state index contributed by atoms with van der Waals surface area (Å²) in [6.45, 7) is 0. The molecule has 0 atom stereocenters. The van der Waals surface area contributed by atoms with Gasteiger partial charge in [0.15, 0.2) is 0 Å². The van der Waals surface area contributed by atoms with Gasteiger partial charge in [-0.2, -0.15) is 0 Å². The van der Waals surface area contributed by atoms with Crippen molar-refractivity contribution in [3.8, 4) is 0 Å². The SMILES string of the molecule is [K+].[O-][Cl+2]([O-])[O-].[Zr+2]. The summed E-state index contributed by atoms with van der Waals surface area (Å²) in [6.07, 6.45) is 0. The summed E-state index contributed by atoms with van der Waals surface area (Å²) in [5.41, 5.74) is 0. The molecule has 0 N–H and O–H groups in total. The van der Waals surface area contributed by atoms with E-state index in [0.717, 1.165) is 0 Å². The second kappa shape index (κ2) is 10.6. The van der Waals surface area contributed by atoms with Gasteiger partial charge < -0.3 is 14.0 Å². The van der Waals surface area contributed by atoms with Gasteiger partial charge in [-0.1, -0.05) is 0 Å². The van der Waals surface area contributed by atoms with Crippen LogP contribution >= 0.6 is 0 Å². The van der Waals surface area contributed by atoms with Gasteiger partial charge in [0.2, 0.25) is 0 Å². The van der Waals surface area contributed by atoms with Crippen molar-refractivity contribution in [2.75, 3.05) is 0 Å². The van der Waals surface area contributed by atoms with E-state index in [1.165, 1.54) is 0 Å². The van der Waals surface area contributed by atoms with Crippen LogP contribution in [0.4, 0.5) is 0 Å². The molecule has 0 unspecified atom stereocenters. The molecule has 3 nitrogen and oxygen atoms in total. The molecule has 6 heteroatoms. The molecule has 0 saturated carbocycles. The van der Waals surface area contributed by atoms with Crippen molar-refractivity contribution in [3.63, 3.8) is 0 Å². The Morgan fingerprint density at radius 2 is 1.00 bits per heavy atom. The topological polar surface area (TPSA) is 69.2 Å². The third-order valence-corrected chi connectivity index (χ3v) is 0. The summed E-state index contributed by atoms with van der Waals surface area (Å²) in [5, 5.41) is 0. The fourth-order valence-corrected chi connectivity index (χ4v) is 0. The Morgan fingerprint density at radius 1 is 1.00 bits per heavy atom. The first-order valence-corrected chi connectivity index (χ1v) is 1.39. The third kappa shape index (κ3) is 29.9. The van der Waals surface area contributed by atoms with E-state index in [4.69, 9.17) is 14.0 Å². The van der Waals surface area contributed by atoms with Gasteiger partial charge in [0.05, 0.1) is 10.8 Å². The Hall–Kier alpha value is 2.69. The first-order valence-electron chi connectivity index (χ1n) is 0.463. The molecule has 0 aliphatic heterocycles. The minimum atomic E-state index is -2.85. The summed E-state index contributed by atoms with van der Waals surface area (Å²) in [7, 11) is -2.85. The zero-order chi connectivity index (χ0) is 3.58. The zero-order valence-electron chi connectivity index (χ0n) is 3.10. The minimum Gasteiger partial charge on any atom is -0.357 e. The van der Waals surface area contributed by atoms with E-state index in [2.05, 4.69) is 0 Å². The van der Waals surface area contributed by atoms with Crippen molar-refractivity contribution in [1.82, 2.24) is 0 Å². The molecule has 0 aromatic rings. The van der Waals surface area contributed by atoms with Crippen LogP contribution in [0.2, 0.25) is 0 Å². The standard InChI is InChI=1S/ClO3.K.Zr/c2-1(3)4;;/q-1;+1;+2. The van der Waals surface area contributed by atoms with Gasteiger partial charge >= 0.3 is 77.6 Å². The van der Waals surface area contributed by atoms with E-state index in [0.29, 0.717) is 0 Å². The number of rotatable bonds is 0. The van der Waals surface area contributed by atoms with Crippen LogP contribution in [0.5, 0.6) is 0 Å². The van der Waals surface area contributed by atoms with Crippen LogP contribution in [0.3, 0.4) is 0 Å². The molecule has 0 heterocycles. The van der Waals surface area contributed by atoms with Crippen LogP contribution < -0.4 is 65.4 Å². The van der Waals surface area contributed by atoms with Crippen LogP contribution in [-0.2, 0) is 26.2 Å². The van der Waals surface area contributed by atoms with Crippen LogP contribution in [0, 0.1) is 10.8 Å². The van der Waals surface area contributed by atoms with E-state index >= 15 is 0 Å². The van der Waals surface area contributed by atoms with Gasteiger partial charge in [-0.15, -0.1) is 0 Å². The van der Waals surface area contributed by atoms with E-state index in [1.807, 2.05) is 0 Å². The van der Waals surface area contributed by atoms with Crippen molar-refractivity contribution in [1.29, 1.82) is 0 Å². The van der Waals surface area contributed by atoms with Crippen molar-refractivity contribution < 1.29 is 102 Å². The number of hydrogen-bond donors (Lipinski definition) is 0. The second-order valence-corrected chi connectivity index (χ2v) is 0.567. The third-order valence-electron chi connectivity index (χ3n) is 0. The maximum Gasteiger partial charge on any atom is 2.00 e. The van der Waals surface area contributed by atoms with Crippen molar-refractivity contribution in [3.05, 3.63) is 0 Å². The normalized spacial score (nSPS) is 6.00. The zero-order valence-corrected chi connectivity index (χ0v) is 9.44. The van der Waals surface area contributed by atoms with Crippen LogP contribution in [-0.4, -0.2) is 0 Å². The van der Waals surface area contributed by atoms with Gasteiger partial charge in [0.25, 0.3) is 0 Å². The predicted molar refractivity (Wildman–Crippen MR) is 0 cm³/mol. The van der Waals surface area contributed by atoms with Gasteiger partial charge in [-0.05, 0) is 0 Å². The van der Waals surface area contributed by atoms with Crippen LogP contribution in [0.1, 0.15) is 0 Å². The molecule has 6 heavy (non-hydrogen) atoms. The fourth-order valence-electron chi connectivity index (χ4n) is 0. The van der Waals surface area contributed by atoms with Crippen molar-refractivity contribution in [2.24, 2.45) is 0 Å². The molecule has 0 amide bonds. The Labute approximate surface area is 100 Å². The molecule has 0 aliphatic rings. The van der Waals surface area contributed by atoms with Crippen molar-refractivity contribution in [2.45, 2.75) is 0 Å². The summed E-state index contributed by atoms with van der Waals surface area (Å²) in [5.74, 6) is 0. The molecule has 0 spiro atoms. The van der Waals surface area contributed by atoms with E-state index in [1.54, 1.807) is 0 Å². The molecular weight excluding hydrogens is 214 g/mol. The first-order chi connectivity index (χ1) is 1.73. The van der Waals surface area contributed by atoms with E-state index < -0.39 is 10.8 Å². The largest absolute Gasteiger partial charge is 2.00 e. The summed E-state index contributed by atoms with van der Waals surface area (Å²) in [6, 6.07) is 0. The number of halogens is 1. The van der Waals surface area contributed by atoms with E-state index in [-0.39, 0.29) is 77.6 Å². The molecule has 0 radical (unpaired) electrons. The molecule has 0 aliphatic carbocycles. The quantitative estimate of drug-likeness (QED) is 0.376. The molecular formula is ClKO3Zr+2. The Balaban J connectivity index is -0.0000000450. The molecule has 0 bridgehead atoms. The predicted octanol–water partition coefficient (Wildman–Crippen LogP) is -6.57. The maximum absolute atomic E-state index is 8.41. The van der Waals surface area contributed by atoms with Gasteiger partial charge in [-0.25, -0.2) is 0 Å². The molecule has 0 rings (SSSR count). The smallest absolute Gasteiger partial charge is 0.357 e. The average molecular weight is 214 g/mol.